The van der Waals surface area contributed by atoms with Gasteiger partial charge in [0.05, 0.1) is 24.6 Å². The molecule has 0 saturated heterocycles. The van der Waals surface area contributed by atoms with Crippen molar-refractivity contribution in [2.45, 2.75) is 0 Å². The van der Waals surface area contributed by atoms with Gasteiger partial charge in [0.2, 0.25) is 0 Å². The summed E-state index contributed by atoms with van der Waals surface area (Å²) in [5, 5.41) is 5.41. The molecule has 0 bridgehead atoms. The van der Waals surface area contributed by atoms with E-state index in [-0.39, 0.29) is 11.8 Å². The molecule has 26 heavy (non-hydrogen) atoms. The Morgan fingerprint density at radius 3 is 2.42 bits per heavy atom. The Labute approximate surface area is 150 Å². The highest BCUT2D eigenvalue weighted by Gasteiger charge is 2.09. The van der Waals surface area contributed by atoms with Crippen molar-refractivity contribution in [3.8, 4) is 5.75 Å². The maximum absolute atomic E-state index is 12.2. The van der Waals surface area contributed by atoms with Crippen molar-refractivity contribution in [1.82, 2.24) is 9.97 Å². The van der Waals surface area contributed by atoms with Gasteiger partial charge < -0.3 is 15.4 Å². The molecule has 0 saturated carbocycles. The van der Waals surface area contributed by atoms with Crippen LogP contribution in [0.15, 0.2) is 67.1 Å². The van der Waals surface area contributed by atoms with Crippen LogP contribution < -0.4 is 15.4 Å². The number of nitrogens with one attached hydrogen (secondary N) is 2. The first-order valence-electron chi connectivity index (χ1n) is 7.78. The lowest BCUT2D eigenvalue weighted by atomic mass is 10.2. The summed E-state index contributed by atoms with van der Waals surface area (Å²) >= 11 is 0. The maximum atomic E-state index is 12.2. The predicted octanol–water partition coefficient (Wildman–Crippen LogP) is 2.99. The summed E-state index contributed by atoms with van der Waals surface area (Å²) in [4.78, 5) is 32.4. The highest BCUT2D eigenvalue weighted by Crippen LogP contribution is 2.15. The predicted molar refractivity (Wildman–Crippen MR) is 97.4 cm³/mol. The number of aromatic nitrogens is 2. The lowest BCUT2D eigenvalue weighted by Crippen LogP contribution is -2.14. The van der Waals surface area contributed by atoms with Crippen molar-refractivity contribution in [3.05, 3.63) is 78.2 Å². The number of carbonyl (C=O) groups excluding carboxylic acids is 2. The summed E-state index contributed by atoms with van der Waals surface area (Å²) in [6.07, 6.45) is 4.54. The number of benzene rings is 1. The zero-order chi connectivity index (χ0) is 18.4. The Bertz CT molecular complexity index is 912. The molecule has 2 aromatic heterocycles. The number of nitrogens with zero attached hydrogens (tertiary/aromatic N) is 2. The number of ether oxygens (including phenoxy) is 1. The van der Waals surface area contributed by atoms with Crippen LogP contribution in [0.25, 0.3) is 0 Å². The zero-order valence-corrected chi connectivity index (χ0v) is 14.0. The summed E-state index contributed by atoms with van der Waals surface area (Å²) in [7, 11) is 1.54. The fraction of sp³-hybridized carbons (Fsp3) is 0.0526. The molecule has 2 amide bonds. The third-order valence-electron chi connectivity index (χ3n) is 3.52. The van der Waals surface area contributed by atoms with Gasteiger partial charge in [0, 0.05) is 18.0 Å². The van der Waals surface area contributed by atoms with Gasteiger partial charge in [-0.25, -0.2) is 4.98 Å². The summed E-state index contributed by atoms with van der Waals surface area (Å²) < 4.78 is 5.10. The molecule has 0 fully saturated rings. The van der Waals surface area contributed by atoms with E-state index in [2.05, 4.69) is 20.6 Å². The monoisotopic (exact) mass is 348 g/mol. The third kappa shape index (κ3) is 4.21. The Balaban J connectivity index is 1.64. The molecule has 0 aliphatic rings. The number of hydrogen-bond acceptors (Lipinski definition) is 5. The van der Waals surface area contributed by atoms with Gasteiger partial charge in [0.25, 0.3) is 11.8 Å². The highest BCUT2D eigenvalue weighted by molar-refractivity contribution is 6.05. The van der Waals surface area contributed by atoms with Crippen LogP contribution in [0, 0.1) is 0 Å². The van der Waals surface area contributed by atoms with Crippen LogP contribution in [-0.2, 0) is 0 Å². The van der Waals surface area contributed by atoms with E-state index < -0.39 is 0 Å². The van der Waals surface area contributed by atoms with Crippen molar-refractivity contribution in [2.75, 3.05) is 17.7 Å². The smallest absolute Gasteiger partial charge is 0.257 e. The number of amides is 2. The van der Waals surface area contributed by atoms with Crippen molar-refractivity contribution < 1.29 is 14.3 Å². The summed E-state index contributed by atoms with van der Waals surface area (Å²) in [6, 6.07) is 13.4. The molecule has 3 rings (SSSR count). The van der Waals surface area contributed by atoms with Crippen molar-refractivity contribution in [1.29, 1.82) is 0 Å². The lowest BCUT2D eigenvalue weighted by molar-refractivity contribution is 0.101. The second-order valence-corrected chi connectivity index (χ2v) is 5.31. The number of methoxy groups -OCH3 is 1. The van der Waals surface area contributed by atoms with Crippen molar-refractivity contribution >= 4 is 23.3 Å². The van der Waals surface area contributed by atoms with Gasteiger partial charge in [-0.3, -0.25) is 14.6 Å². The first-order chi connectivity index (χ1) is 12.7. The average Bonchev–Trinajstić information content (AvgIpc) is 2.70. The van der Waals surface area contributed by atoms with Crippen LogP contribution >= 0.6 is 0 Å². The minimum atomic E-state index is -0.302. The number of anilines is 2. The van der Waals surface area contributed by atoms with Gasteiger partial charge in [-0.05, 0) is 42.5 Å². The van der Waals surface area contributed by atoms with E-state index in [1.807, 2.05) is 0 Å². The van der Waals surface area contributed by atoms with Gasteiger partial charge in [-0.2, -0.15) is 0 Å². The number of pyridine rings is 2. The van der Waals surface area contributed by atoms with E-state index in [9.17, 15) is 9.59 Å². The van der Waals surface area contributed by atoms with E-state index in [0.717, 1.165) is 0 Å². The molecule has 0 spiro atoms. The van der Waals surface area contributed by atoms with E-state index in [1.54, 1.807) is 54.7 Å². The van der Waals surface area contributed by atoms with Crippen LogP contribution in [0.1, 0.15) is 20.7 Å². The molecule has 0 unspecified atom stereocenters. The molecule has 0 radical (unpaired) electrons. The standard InChI is InChI=1S/C19H16N4O3/c1-26-16-6-2-4-13(10-16)18(24)23-17-8-7-15(12-21-17)22-19(25)14-5-3-9-20-11-14/h2-12H,1H3,(H,22,25)(H,21,23,24). The number of hydrogen-bond donors (Lipinski definition) is 2. The molecule has 7 heteroatoms. The summed E-state index contributed by atoms with van der Waals surface area (Å²) in [5.74, 6) is 0.382. The highest BCUT2D eigenvalue weighted by atomic mass is 16.5. The first-order valence-corrected chi connectivity index (χ1v) is 7.78. The minimum Gasteiger partial charge on any atom is -0.497 e. The molecular formula is C19H16N4O3. The molecule has 2 N–H and O–H groups in total. The maximum Gasteiger partial charge on any atom is 0.257 e. The quantitative estimate of drug-likeness (QED) is 0.739. The Morgan fingerprint density at radius 2 is 1.73 bits per heavy atom. The molecule has 3 aromatic rings. The number of rotatable bonds is 5. The second kappa shape index (κ2) is 7.89. The van der Waals surface area contributed by atoms with Gasteiger partial charge in [0.1, 0.15) is 11.6 Å². The van der Waals surface area contributed by atoms with Gasteiger partial charge >= 0.3 is 0 Å². The minimum absolute atomic E-state index is 0.284. The molecule has 7 nitrogen and oxygen atoms in total. The van der Waals surface area contributed by atoms with Crippen LogP contribution in [0.5, 0.6) is 5.75 Å². The largest absolute Gasteiger partial charge is 0.497 e. The van der Waals surface area contributed by atoms with E-state index in [4.69, 9.17) is 4.74 Å². The third-order valence-corrected chi connectivity index (χ3v) is 3.52. The molecule has 2 heterocycles. The molecule has 1 aromatic carbocycles. The average molecular weight is 348 g/mol. The van der Waals surface area contributed by atoms with Gasteiger partial charge in [0.15, 0.2) is 0 Å². The Hall–Kier alpha value is -3.74. The van der Waals surface area contributed by atoms with Crippen molar-refractivity contribution in [3.63, 3.8) is 0 Å². The Morgan fingerprint density at radius 1 is 0.923 bits per heavy atom. The molecular weight excluding hydrogens is 332 g/mol. The molecule has 0 aliphatic heterocycles. The van der Waals surface area contributed by atoms with Gasteiger partial charge in [-0.15, -0.1) is 0 Å². The fourth-order valence-corrected chi connectivity index (χ4v) is 2.19. The SMILES string of the molecule is COc1cccc(C(=O)Nc2ccc(NC(=O)c3cccnc3)cn2)c1. The molecule has 0 aliphatic carbocycles. The van der Waals surface area contributed by atoms with E-state index >= 15 is 0 Å². The first kappa shape index (κ1) is 17.1. The van der Waals surface area contributed by atoms with Crippen LogP contribution in [0.3, 0.4) is 0 Å². The van der Waals surface area contributed by atoms with Crippen LogP contribution in [-0.4, -0.2) is 28.9 Å². The van der Waals surface area contributed by atoms with E-state index in [0.29, 0.717) is 28.4 Å². The topological polar surface area (TPSA) is 93.2 Å². The van der Waals surface area contributed by atoms with Crippen LogP contribution in [0.4, 0.5) is 11.5 Å². The lowest BCUT2D eigenvalue weighted by Gasteiger charge is -2.08. The Kier molecular flexibility index (Phi) is 5.19. The molecule has 130 valence electrons. The number of carbonyl (C=O) groups is 2. The fourth-order valence-electron chi connectivity index (χ4n) is 2.19. The summed E-state index contributed by atoms with van der Waals surface area (Å²) in [6.45, 7) is 0. The van der Waals surface area contributed by atoms with Gasteiger partial charge in [-0.1, -0.05) is 6.07 Å². The second-order valence-electron chi connectivity index (χ2n) is 5.31. The zero-order valence-electron chi connectivity index (χ0n) is 14.0. The molecule has 0 atom stereocenters. The van der Waals surface area contributed by atoms with Crippen LogP contribution in [0.2, 0.25) is 0 Å². The van der Waals surface area contributed by atoms with Crippen molar-refractivity contribution in [2.24, 2.45) is 0 Å². The normalized spacial score (nSPS) is 10.0. The van der Waals surface area contributed by atoms with E-state index in [1.165, 1.54) is 19.5 Å². The summed E-state index contributed by atoms with van der Waals surface area (Å²) in [5.41, 5.74) is 1.42.